The fourth-order valence-electron chi connectivity index (χ4n) is 4.70. The van der Waals surface area contributed by atoms with Crippen LogP contribution in [0.15, 0.2) is 30.5 Å². The van der Waals surface area contributed by atoms with Crippen LogP contribution in [0, 0.1) is 0 Å². The number of aryl methyl sites for hydroxylation is 2. The first-order valence-corrected chi connectivity index (χ1v) is 11.7. The Morgan fingerprint density at radius 3 is 2.73 bits per heavy atom. The highest BCUT2D eigenvalue weighted by molar-refractivity contribution is 5.80. The normalized spacial score (nSPS) is 17.6. The Morgan fingerprint density at radius 1 is 1.18 bits per heavy atom. The summed E-state index contributed by atoms with van der Waals surface area (Å²) in [5.74, 6) is 0.496. The SMILES string of the molecule is COc1ccc([C@H](CC(C)=O)N2CCN(CC[C@@H](O)c3ccc4c(n3)CCCC4)C2=O)cn1. The summed E-state index contributed by atoms with van der Waals surface area (Å²) in [6.07, 6.45) is 5.97. The van der Waals surface area contributed by atoms with Gasteiger partial charge in [0.15, 0.2) is 0 Å². The van der Waals surface area contributed by atoms with E-state index in [0.29, 0.717) is 37.6 Å². The zero-order chi connectivity index (χ0) is 23.4. The van der Waals surface area contributed by atoms with Crippen LogP contribution in [-0.2, 0) is 17.6 Å². The van der Waals surface area contributed by atoms with Crippen LogP contribution in [0.25, 0.3) is 0 Å². The van der Waals surface area contributed by atoms with Gasteiger partial charge in [-0.1, -0.05) is 12.1 Å². The van der Waals surface area contributed by atoms with Crippen LogP contribution < -0.4 is 4.74 Å². The Balaban J connectivity index is 1.40. The van der Waals surface area contributed by atoms with Crippen molar-refractivity contribution in [2.75, 3.05) is 26.7 Å². The number of nitrogens with zero attached hydrogens (tertiary/aromatic N) is 4. The van der Waals surface area contributed by atoms with E-state index in [0.717, 1.165) is 30.5 Å². The zero-order valence-electron chi connectivity index (χ0n) is 19.4. The topological polar surface area (TPSA) is 95.9 Å². The number of amides is 2. The van der Waals surface area contributed by atoms with Gasteiger partial charge >= 0.3 is 6.03 Å². The maximum Gasteiger partial charge on any atom is 0.320 e. The average molecular weight is 453 g/mol. The number of methoxy groups -OCH3 is 1. The van der Waals surface area contributed by atoms with Gasteiger partial charge in [-0.3, -0.25) is 9.78 Å². The molecule has 2 atom stereocenters. The van der Waals surface area contributed by atoms with Crippen LogP contribution in [0.5, 0.6) is 5.88 Å². The van der Waals surface area contributed by atoms with Gasteiger partial charge in [-0.15, -0.1) is 0 Å². The van der Waals surface area contributed by atoms with Crippen LogP contribution >= 0.6 is 0 Å². The maximum absolute atomic E-state index is 13.2. The van der Waals surface area contributed by atoms with Crippen molar-refractivity contribution in [3.05, 3.63) is 53.0 Å². The summed E-state index contributed by atoms with van der Waals surface area (Å²) in [5, 5.41) is 10.7. The Morgan fingerprint density at radius 2 is 2.00 bits per heavy atom. The van der Waals surface area contributed by atoms with E-state index >= 15 is 0 Å². The number of aliphatic hydroxyl groups is 1. The molecule has 0 spiro atoms. The van der Waals surface area contributed by atoms with E-state index in [1.165, 1.54) is 18.9 Å². The molecule has 0 bridgehead atoms. The van der Waals surface area contributed by atoms with Crippen molar-refractivity contribution in [2.24, 2.45) is 0 Å². The van der Waals surface area contributed by atoms with Gasteiger partial charge in [-0.25, -0.2) is 9.78 Å². The van der Waals surface area contributed by atoms with Gasteiger partial charge in [0.1, 0.15) is 5.78 Å². The molecule has 1 N–H and O–H groups in total. The van der Waals surface area contributed by atoms with E-state index in [9.17, 15) is 14.7 Å². The molecule has 0 radical (unpaired) electrons. The molecular weight excluding hydrogens is 420 g/mol. The first-order chi connectivity index (χ1) is 16.0. The predicted octanol–water partition coefficient (Wildman–Crippen LogP) is 3.25. The summed E-state index contributed by atoms with van der Waals surface area (Å²) in [4.78, 5) is 37.5. The summed E-state index contributed by atoms with van der Waals surface area (Å²) in [6, 6.07) is 7.09. The molecule has 2 aromatic heterocycles. The molecule has 4 rings (SSSR count). The minimum Gasteiger partial charge on any atom is -0.481 e. The number of hydrogen-bond donors (Lipinski definition) is 1. The van der Waals surface area contributed by atoms with E-state index in [1.807, 2.05) is 12.1 Å². The van der Waals surface area contributed by atoms with Crippen molar-refractivity contribution in [3.8, 4) is 5.88 Å². The zero-order valence-corrected chi connectivity index (χ0v) is 19.4. The highest BCUT2D eigenvalue weighted by atomic mass is 16.5. The molecule has 2 aromatic rings. The Kier molecular flexibility index (Phi) is 7.23. The number of ether oxygens (including phenoxy) is 1. The molecule has 1 aliphatic carbocycles. The predicted molar refractivity (Wildman–Crippen MR) is 123 cm³/mol. The Hall–Kier alpha value is -3.00. The highest BCUT2D eigenvalue weighted by Gasteiger charge is 2.35. The Labute approximate surface area is 194 Å². The molecule has 2 amide bonds. The number of carbonyl (C=O) groups excluding carboxylic acids is 2. The molecule has 176 valence electrons. The minimum absolute atomic E-state index is 0.0102. The number of ketones is 1. The van der Waals surface area contributed by atoms with Gasteiger partial charge in [0.25, 0.3) is 0 Å². The third-order valence-corrected chi connectivity index (χ3v) is 6.55. The lowest BCUT2D eigenvalue weighted by molar-refractivity contribution is -0.118. The summed E-state index contributed by atoms with van der Waals surface area (Å²) >= 11 is 0. The summed E-state index contributed by atoms with van der Waals surface area (Å²) < 4.78 is 5.12. The number of carbonyl (C=O) groups is 2. The number of aromatic nitrogens is 2. The molecular formula is C25H32N4O4. The standard InChI is InChI=1S/C25H32N4O4/c1-17(30)15-22(19-8-10-24(33-2)26-16-19)29-14-13-28(25(29)32)12-11-23(31)21-9-7-18-5-3-4-6-20(18)27-21/h7-10,16,22-23,31H,3-6,11-15H2,1-2H3/t22-,23+/m0/s1. The van der Waals surface area contributed by atoms with E-state index in [4.69, 9.17) is 4.74 Å². The smallest absolute Gasteiger partial charge is 0.320 e. The first-order valence-electron chi connectivity index (χ1n) is 11.7. The molecule has 0 aromatic carbocycles. The van der Waals surface area contributed by atoms with Crippen molar-refractivity contribution in [1.82, 2.24) is 19.8 Å². The van der Waals surface area contributed by atoms with Crippen LogP contribution in [-0.4, -0.2) is 63.4 Å². The second kappa shape index (κ2) is 10.3. The minimum atomic E-state index is -0.710. The summed E-state index contributed by atoms with van der Waals surface area (Å²) in [6.45, 7) is 3.05. The largest absolute Gasteiger partial charge is 0.481 e. The van der Waals surface area contributed by atoms with Crippen molar-refractivity contribution in [3.63, 3.8) is 0 Å². The van der Waals surface area contributed by atoms with Crippen molar-refractivity contribution in [2.45, 2.75) is 57.6 Å². The number of pyridine rings is 2. The monoisotopic (exact) mass is 452 g/mol. The molecule has 1 fully saturated rings. The van der Waals surface area contributed by atoms with Crippen molar-refractivity contribution < 1.29 is 19.4 Å². The molecule has 8 nitrogen and oxygen atoms in total. The fourth-order valence-corrected chi connectivity index (χ4v) is 4.70. The average Bonchev–Trinajstić information content (AvgIpc) is 3.20. The highest BCUT2D eigenvalue weighted by Crippen LogP contribution is 2.30. The van der Waals surface area contributed by atoms with Gasteiger partial charge < -0.3 is 19.6 Å². The number of rotatable bonds is 9. The third-order valence-electron chi connectivity index (χ3n) is 6.55. The van der Waals surface area contributed by atoms with Crippen LogP contribution in [0.4, 0.5) is 4.79 Å². The number of hydrogen-bond acceptors (Lipinski definition) is 6. The van der Waals surface area contributed by atoms with Gasteiger partial charge in [-0.05, 0) is 56.2 Å². The van der Waals surface area contributed by atoms with Gasteiger partial charge in [-0.2, -0.15) is 0 Å². The molecule has 3 heterocycles. The van der Waals surface area contributed by atoms with Crippen LogP contribution in [0.1, 0.15) is 67.3 Å². The summed E-state index contributed by atoms with van der Waals surface area (Å²) in [5.41, 5.74) is 3.87. The van der Waals surface area contributed by atoms with Gasteiger partial charge in [0.2, 0.25) is 5.88 Å². The quantitative estimate of drug-likeness (QED) is 0.628. The lowest BCUT2D eigenvalue weighted by atomic mass is 9.95. The molecule has 8 heteroatoms. The summed E-state index contributed by atoms with van der Waals surface area (Å²) in [7, 11) is 1.55. The fraction of sp³-hybridized carbons (Fsp3) is 0.520. The van der Waals surface area contributed by atoms with E-state index in [-0.39, 0.29) is 24.3 Å². The molecule has 1 saturated heterocycles. The van der Waals surface area contributed by atoms with Gasteiger partial charge in [0.05, 0.1) is 24.9 Å². The van der Waals surface area contributed by atoms with Gasteiger partial charge in [0, 0.05) is 44.0 Å². The maximum atomic E-state index is 13.2. The second-order valence-electron chi connectivity index (χ2n) is 8.87. The first kappa shape index (κ1) is 23.2. The van der Waals surface area contributed by atoms with Crippen molar-refractivity contribution in [1.29, 1.82) is 0 Å². The van der Waals surface area contributed by atoms with E-state index < -0.39 is 6.10 Å². The Bertz CT molecular complexity index is 994. The lowest BCUT2D eigenvalue weighted by Crippen LogP contribution is -2.36. The molecule has 0 unspecified atom stereocenters. The number of urea groups is 1. The molecule has 1 aliphatic heterocycles. The lowest BCUT2D eigenvalue weighted by Gasteiger charge is -2.28. The third kappa shape index (κ3) is 5.33. The number of Topliss-reactive ketones (excluding diaryl/α,β-unsaturated/α-hetero) is 1. The number of aliphatic hydroxyl groups excluding tert-OH is 1. The van der Waals surface area contributed by atoms with Crippen LogP contribution in [0.3, 0.4) is 0 Å². The van der Waals surface area contributed by atoms with Crippen molar-refractivity contribution >= 4 is 11.8 Å². The van der Waals surface area contributed by atoms with E-state index in [2.05, 4.69) is 16.0 Å². The van der Waals surface area contributed by atoms with Crippen LogP contribution in [0.2, 0.25) is 0 Å². The number of fused-ring (bicyclic) bond motifs is 1. The van der Waals surface area contributed by atoms with E-state index in [1.54, 1.807) is 29.2 Å². The molecule has 33 heavy (non-hydrogen) atoms. The molecule has 2 aliphatic rings. The second-order valence-corrected chi connectivity index (χ2v) is 8.87. The molecule has 0 saturated carbocycles.